The molecule has 1 saturated heterocycles. The lowest BCUT2D eigenvalue weighted by molar-refractivity contribution is -0.116. The number of likely N-dealkylation sites (N-methyl/N-ethyl adjacent to an activating group) is 1. The molecule has 1 fully saturated rings. The van der Waals surface area contributed by atoms with Crippen molar-refractivity contribution in [3.05, 3.63) is 21.3 Å². The monoisotopic (exact) mass is 524 g/mol. The summed E-state index contributed by atoms with van der Waals surface area (Å²) in [4.78, 5) is 39.4. The van der Waals surface area contributed by atoms with Crippen LogP contribution >= 0.6 is 22.9 Å². The second-order valence-corrected chi connectivity index (χ2v) is 10.1. The van der Waals surface area contributed by atoms with Crippen molar-refractivity contribution < 1.29 is 14.3 Å². The predicted molar refractivity (Wildman–Crippen MR) is 142 cm³/mol. The highest BCUT2D eigenvalue weighted by Gasteiger charge is 2.34. The number of carbonyl (C=O) groups is 2. The van der Waals surface area contributed by atoms with Crippen molar-refractivity contribution in [2.75, 3.05) is 51.3 Å². The highest BCUT2D eigenvalue weighted by atomic mass is 35.5. The summed E-state index contributed by atoms with van der Waals surface area (Å²) < 4.78 is 5.72. The number of allylic oxidation sites excluding steroid dienone is 1. The molecule has 0 aromatic carbocycles. The number of aliphatic imine (C=N–C) groups is 1. The number of thiazole rings is 1. The van der Waals surface area contributed by atoms with E-state index in [0.717, 1.165) is 42.5 Å². The standard InChI is InChI=1S/C24H37ClN6O3S/c1-6-16-13-18(28-21(16)25)22(32)29-17-9-11-31(14-19(17)34-5)24-27-15(4)20(35-24)23(33)26-10-12-30(7-2)8-3/h17,19H,6-14H2,1-5H3,(H,26,33)(H,29,32)/t17?,19-/m0/s1. The first-order valence-electron chi connectivity index (χ1n) is 12.3. The van der Waals surface area contributed by atoms with Crippen LogP contribution in [0.2, 0.25) is 0 Å². The summed E-state index contributed by atoms with van der Waals surface area (Å²) in [6, 6.07) is -0.139. The molecule has 0 aliphatic carbocycles. The Hall–Kier alpha value is -2.01. The van der Waals surface area contributed by atoms with E-state index in [0.29, 0.717) is 48.2 Å². The van der Waals surface area contributed by atoms with Crippen molar-refractivity contribution in [3.63, 3.8) is 0 Å². The molecule has 11 heteroatoms. The van der Waals surface area contributed by atoms with E-state index in [1.54, 1.807) is 7.11 Å². The molecule has 0 bridgehead atoms. The largest absolute Gasteiger partial charge is 0.377 e. The van der Waals surface area contributed by atoms with E-state index >= 15 is 0 Å². The summed E-state index contributed by atoms with van der Waals surface area (Å²) in [5.74, 6) is -0.277. The lowest BCUT2D eigenvalue weighted by Gasteiger charge is -2.38. The number of carbonyl (C=O) groups excluding carboxylic acids is 2. The van der Waals surface area contributed by atoms with Crippen molar-refractivity contribution in [2.45, 2.75) is 59.1 Å². The van der Waals surface area contributed by atoms with Gasteiger partial charge in [0.25, 0.3) is 11.8 Å². The number of hydrogen-bond acceptors (Lipinski definition) is 8. The molecular weight excluding hydrogens is 488 g/mol. The molecule has 0 saturated carbocycles. The number of aryl methyl sites for hydroxylation is 1. The average Bonchev–Trinajstić information content (AvgIpc) is 3.44. The smallest absolute Gasteiger partial charge is 0.266 e. The third kappa shape index (κ3) is 6.81. The van der Waals surface area contributed by atoms with Gasteiger partial charge < -0.3 is 25.2 Å². The Morgan fingerprint density at radius 3 is 2.63 bits per heavy atom. The molecule has 2 aliphatic heterocycles. The van der Waals surface area contributed by atoms with Gasteiger partial charge in [-0.05, 0) is 38.4 Å². The molecule has 3 heterocycles. The van der Waals surface area contributed by atoms with E-state index < -0.39 is 0 Å². The van der Waals surface area contributed by atoms with Crippen molar-refractivity contribution in [1.29, 1.82) is 0 Å². The van der Waals surface area contributed by atoms with Crippen LogP contribution in [0.4, 0.5) is 5.13 Å². The maximum Gasteiger partial charge on any atom is 0.266 e. The number of anilines is 1. The number of hydrogen-bond donors (Lipinski definition) is 2. The lowest BCUT2D eigenvalue weighted by Crippen LogP contribution is -2.55. The summed E-state index contributed by atoms with van der Waals surface area (Å²) in [6.45, 7) is 12.7. The summed E-state index contributed by atoms with van der Waals surface area (Å²) in [7, 11) is 1.65. The summed E-state index contributed by atoms with van der Waals surface area (Å²) in [5.41, 5.74) is 2.17. The Bertz CT molecular complexity index is 974. The lowest BCUT2D eigenvalue weighted by atomic mass is 10.0. The number of aromatic nitrogens is 1. The van der Waals surface area contributed by atoms with Crippen LogP contribution in [0, 0.1) is 6.92 Å². The van der Waals surface area contributed by atoms with Gasteiger partial charge in [0.15, 0.2) is 5.13 Å². The zero-order chi connectivity index (χ0) is 25.5. The van der Waals surface area contributed by atoms with Crippen LogP contribution in [0.25, 0.3) is 0 Å². The van der Waals surface area contributed by atoms with Gasteiger partial charge in [0, 0.05) is 39.7 Å². The molecule has 1 aromatic rings. The molecular formula is C24H37ClN6O3S. The number of nitrogens with zero attached hydrogens (tertiary/aromatic N) is 4. The van der Waals surface area contributed by atoms with E-state index in [1.165, 1.54) is 11.3 Å². The fraction of sp³-hybridized carbons (Fsp3) is 0.667. The minimum Gasteiger partial charge on any atom is -0.377 e. The normalized spacial score (nSPS) is 20.4. The molecule has 1 aromatic heterocycles. The first-order chi connectivity index (χ1) is 16.8. The van der Waals surface area contributed by atoms with Gasteiger partial charge in [0.05, 0.1) is 17.8 Å². The first kappa shape index (κ1) is 27.6. The van der Waals surface area contributed by atoms with Gasteiger partial charge in [-0.2, -0.15) is 0 Å². The molecule has 194 valence electrons. The van der Waals surface area contributed by atoms with Gasteiger partial charge in [0.2, 0.25) is 0 Å². The molecule has 2 atom stereocenters. The van der Waals surface area contributed by atoms with Crippen LogP contribution in [0.3, 0.4) is 0 Å². The number of piperidine rings is 1. The molecule has 0 spiro atoms. The van der Waals surface area contributed by atoms with Gasteiger partial charge in [-0.1, -0.05) is 43.7 Å². The van der Waals surface area contributed by atoms with E-state index in [-0.39, 0.29) is 24.0 Å². The molecule has 3 rings (SSSR count). The maximum absolute atomic E-state index is 12.8. The molecule has 1 unspecified atom stereocenters. The molecule has 9 nitrogen and oxygen atoms in total. The van der Waals surface area contributed by atoms with E-state index in [4.69, 9.17) is 16.3 Å². The third-order valence-electron chi connectivity index (χ3n) is 6.64. The highest BCUT2D eigenvalue weighted by molar-refractivity contribution is 7.17. The number of rotatable bonds is 11. The van der Waals surface area contributed by atoms with Gasteiger partial charge in [-0.25, -0.2) is 9.98 Å². The zero-order valence-corrected chi connectivity index (χ0v) is 22.9. The Labute approximate surface area is 217 Å². The number of ether oxygens (including phenoxy) is 1. The van der Waals surface area contributed by atoms with Gasteiger partial charge in [0.1, 0.15) is 15.7 Å². The quantitative estimate of drug-likeness (QED) is 0.432. The number of amides is 2. The number of methoxy groups -OCH3 is 1. The van der Waals surface area contributed by atoms with Crippen LogP contribution in [-0.4, -0.2) is 85.9 Å². The van der Waals surface area contributed by atoms with Crippen molar-refractivity contribution in [3.8, 4) is 0 Å². The van der Waals surface area contributed by atoms with Crippen molar-refractivity contribution in [1.82, 2.24) is 20.5 Å². The van der Waals surface area contributed by atoms with Gasteiger partial charge >= 0.3 is 0 Å². The second kappa shape index (κ2) is 12.8. The number of nitrogens with one attached hydrogen (secondary N) is 2. The van der Waals surface area contributed by atoms with Crippen LogP contribution < -0.4 is 15.5 Å². The molecule has 2 amide bonds. The minimum atomic E-state index is -0.209. The Kier molecular flexibility index (Phi) is 10.1. The maximum atomic E-state index is 12.8. The Morgan fingerprint density at radius 2 is 2.00 bits per heavy atom. The SMILES string of the molecule is CCC1=C(Cl)N=C(C(=O)NC2CCN(c3nc(C)c(C(=O)NCCN(CC)CC)s3)C[C@@H]2OC)C1. The predicted octanol–water partition coefficient (Wildman–Crippen LogP) is 2.94. The van der Waals surface area contributed by atoms with Crippen molar-refractivity contribution in [2.24, 2.45) is 4.99 Å². The molecule has 0 radical (unpaired) electrons. The summed E-state index contributed by atoms with van der Waals surface area (Å²) in [5, 5.41) is 7.33. The van der Waals surface area contributed by atoms with E-state index in [9.17, 15) is 9.59 Å². The fourth-order valence-corrected chi connectivity index (χ4v) is 5.66. The molecule has 2 aliphatic rings. The Morgan fingerprint density at radius 1 is 1.26 bits per heavy atom. The van der Waals surface area contributed by atoms with Crippen LogP contribution in [0.1, 0.15) is 55.4 Å². The van der Waals surface area contributed by atoms with Crippen molar-refractivity contribution >= 4 is 45.6 Å². The molecule has 35 heavy (non-hydrogen) atoms. The molecule has 2 N–H and O–H groups in total. The topological polar surface area (TPSA) is 99.2 Å². The van der Waals surface area contributed by atoms with Crippen LogP contribution in [0.5, 0.6) is 0 Å². The fourth-order valence-electron chi connectivity index (χ4n) is 4.34. The third-order valence-corrected chi connectivity index (χ3v) is 8.21. The van der Waals surface area contributed by atoms with E-state index in [2.05, 4.69) is 44.3 Å². The van der Waals surface area contributed by atoms with Gasteiger partial charge in [-0.15, -0.1) is 0 Å². The summed E-state index contributed by atoms with van der Waals surface area (Å²) in [6.07, 6.45) is 1.76. The minimum absolute atomic E-state index is 0.0834. The number of halogens is 1. The Balaban J connectivity index is 1.57. The summed E-state index contributed by atoms with van der Waals surface area (Å²) >= 11 is 7.54. The average molecular weight is 525 g/mol. The van der Waals surface area contributed by atoms with E-state index in [1.807, 2.05) is 13.8 Å². The van der Waals surface area contributed by atoms with Gasteiger partial charge in [-0.3, -0.25) is 9.59 Å². The first-order valence-corrected chi connectivity index (χ1v) is 13.5. The highest BCUT2D eigenvalue weighted by Crippen LogP contribution is 2.29. The second-order valence-electron chi connectivity index (χ2n) is 8.77. The van der Waals surface area contributed by atoms with Crippen LogP contribution in [0.15, 0.2) is 15.7 Å². The van der Waals surface area contributed by atoms with Crippen LogP contribution in [-0.2, 0) is 9.53 Å². The zero-order valence-electron chi connectivity index (χ0n) is 21.3.